The first-order chi connectivity index (χ1) is 16.3. The number of aromatic nitrogens is 1. The van der Waals surface area contributed by atoms with Crippen molar-refractivity contribution in [2.24, 2.45) is 0 Å². The predicted octanol–water partition coefficient (Wildman–Crippen LogP) is 3.37. The number of nitrogens with zero attached hydrogens (tertiary/aromatic N) is 1. The second kappa shape index (κ2) is 6.84. The van der Waals surface area contributed by atoms with E-state index in [1.807, 2.05) is 30.3 Å². The number of pyridine rings is 1. The number of benzene rings is 4. The normalized spacial score (nSPS) is 19.8. The van der Waals surface area contributed by atoms with Gasteiger partial charge in [0.2, 0.25) is 0 Å². The fourth-order valence-corrected chi connectivity index (χ4v) is 16.0. The summed E-state index contributed by atoms with van der Waals surface area (Å²) in [5, 5.41) is 7.13. The molecule has 2 aliphatic heterocycles. The van der Waals surface area contributed by atoms with Gasteiger partial charge in [-0.3, -0.25) is 0 Å². The summed E-state index contributed by atoms with van der Waals surface area (Å²) in [6.07, 6.45) is 1.75. The van der Waals surface area contributed by atoms with E-state index in [9.17, 15) is 0 Å². The molecular weight excluding hydrogens is 440 g/mol. The van der Waals surface area contributed by atoms with Gasteiger partial charge < -0.3 is 0 Å². The van der Waals surface area contributed by atoms with Gasteiger partial charge >= 0.3 is 194 Å². The summed E-state index contributed by atoms with van der Waals surface area (Å²) in [4.78, 5) is 4.63. The van der Waals surface area contributed by atoms with Crippen LogP contribution in [0.15, 0.2) is 121 Å². The Balaban J connectivity index is 1.71. The Morgan fingerprint density at radius 3 is 1.48 bits per heavy atom. The van der Waals surface area contributed by atoms with Crippen LogP contribution in [0.4, 0.5) is 0 Å². The molecule has 158 valence electrons. The van der Waals surface area contributed by atoms with E-state index in [1.54, 1.807) is 6.20 Å². The van der Waals surface area contributed by atoms with Crippen LogP contribution in [0.25, 0.3) is 11.1 Å². The van der Waals surface area contributed by atoms with E-state index in [2.05, 4.69) is 89.9 Å². The third-order valence-electron chi connectivity index (χ3n) is 7.22. The molecule has 0 amide bonds. The van der Waals surface area contributed by atoms with Crippen LogP contribution in [-0.2, 0) is 4.57 Å². The van der Waals surface area contributed by atoms with E-state index >= 15 is 4.57 Å². The first kappa shape index (κ1) is 19.2. The molecule has 5 aromatic rings. The van der Waals surface area contributed by atoms with Gasteiger partial charge in [0.05, 0.1) is 0 Å². The van der Waals surface area contributed by atoms with Crippen LogP contribution in [-0.4, -0.2) is 4.98 Å². The van der Waals surface area contributed by atoms with Gasteiger partial charge in [-0.2, -0.15) is 0 Å². The van der Waals surface area contributed by atoms with E-state index in [-0.39, 0.29) is 0 Å². The Morgan fingerprint density at radius 2 is 0.970 bits per heavy atom. The van der Waals surface area contributed by atoms with Gasteiger partial charge in [0.1, 0.15) is 0 Å². The second-order valence-electron chi connectivity index (χ2n) is 8.67. The zero-order valence-corrected chi connectivity index (χ0v) is 19.7. The molecule has 4 heteroatoms. The molecule has 0 fully saturated rings. The van der Waals surface area contributed by atoms with Gasteiger partial charge in [-0.25, -0.2) is 0 Å². The van der Waals surface area contributed by atoms with Crippen molar-refractivity contribution in [1.82, 2.24) is 4.98 Å². The van der Waals surface area contributed by atoms with Gasteiger partial charge in [-0.15, -0.1) is 0 Å². The molecule has 0 aliphatic carbocycles. The monoisotopic (exact) mass is 461 g/mol. The van der Waals surface area contributed by atoms with E-state index in [0.717, 1.165) is 10.6 Å². The van der Waals surface area contributed by atoms with Gasteiger partial charge in [0.15, 0.2) is 0 Å². The van der Waals surface area contributed by atoms with E-state index in [1.165, 1.54) is 32.3 Å². The summed E-state index contributed by atoms with van der Waals surface area (Å²) < 4.78 is 15.2. The van der Waals surface area contributed by atoms with Crippen molar-refractivity contribution in [2.75, 3.05) is 0 Å². The molecule has 0 bridgehead atoms. The van der Waals surface area contributed by atoms with Crippen LogP contribution in [0.5, 0.6) is 0 Å². The zero-order valence-electron chi connectivity index (χ0n) is 17.8. The average molecular weight is 461 g/mol. The molecule has 3 heterocycles. The quantitative estimate of drug-likeness (QED) is 0.351. The molecule has 2 aliphatic rings. The average Bonchev–Trinajstić information content (AvgIpc) is 3.19. The van der Waals surface area contributed by atoms with Gasteiger partial charge in [-0.05, 0) is 0 Å². The molecule has 0 atom stereocenters. The van der Waals surface area contributed by atoms with E-state index in [4.69, 9.17) is 0 Å². The Kier molecular flexibility index (Phi) is 3.98. The molecule has 0 saturated heterocycles. The number of hydrogen-bond acceptors (Lipinski definition) is 2. The first-order valence-corrected chi connectivity index (χ1v) is 14.9. The fourth-order valence-electron chi connectivity index (χ4n) is 6.01. The number of rotatable bonds is 1. The molecule has 1 spiro atoms. The maximum absolute atomic E-state index is 15.2. The summed E-state index contributed by atoms with van der Waals surface area (Å²) in [6.45, 7) is 0. The van der Waals surface area contributed by atoms with Crippen molar-refractivity contribution in [2.45, 2.75) is 0 Å². The molecule has 0 saturated carbocycles. The van der Waals surface area contributed by atoms with Gasteiger partial charge in [0.25, 0.3) is 0 Å². The Hall–Kier alpha value is -3.31. The van der Waals surface area contributed by atoms with Crippen LogP contribution in [0.2, 0.25) is 0 Å². The molecule has 0 unspecified atom stereocenters. The fraction of sp³-hybridized carbons (Fsp3) is 0. The zero-order chi connectivity index (χ0) is 22.0. The third-order valence-corrected chi connectivity index (χ3v) is 15.7. The predicted molar refractivity (Wildman–Crippen MR) is 142 cm³/mol. The number of fused-ring (bicyclic) bond motifs is 9. The first-order valence-electron chi connectivity index (χ1n) is 11.2. The minimum atomic E-state index is -3.12. The van der Waals surface area contributed by atoms with Crippen LogP contribution in [0, 0.1) is 0 Å². The topological polar surface area (TPSA) is 30.0 Å². The minimum absolute atomic E-state index is 0.660. The van der Waals surface area contributed by atoms with Crippen molar-refractivity contribution in [1.29, 1.82) is 0 Å². The van der Waals surface area contributed by atoms with E-state index in [0.29, 0.717) is 5.44 Å². The maximum atomic E-state index is 15.2. The van der Waals surface area contributed by atoms with Crippen LogP contribution in [0.1, 0.15) is 0 Å². The van der Waals surface area contributed by atoms with Crippen LogP contribution >= 0.6 is 14.4 Å². The molecular formula is C29H21NOP2. The van der Waals surface area contributed by atoms with Crippen LogP contribution < -0.4 is 37.3 Å². The van der Waals surface area contributed by atoms with Crippen molar-refractivity contribution >= 4 is 51.7 Å². The number of hydrogen-bond donors (Lipinski definition) is 0. The van der Waals surface area contributed by atoms with Crippen molar-refractivity contribution < 1.29 is 4.57 Å². The summed E-state index contributed by atoms with van der Waals surface area (Å²) in [7, 11) is -5.75. The van der Waals surface area contributed by atoms with Crippen LogP contribution in [0.3, 0.4) is 0 Å². The SMILES string of the molecule is O=P1(c2ccccn2)c2ccccc2[PH]2(c3ccccc3-c3ccccc32)c2ccccc21. The van der Waals surface area contributed by atoms with Gasteiger partial charge in [0, 0.05) is 0 Å². The molecule has 2 nitrogen and oxygen atoms in total. The molecule has 0 N–H and O–H groups in total. The molecule has 0 radical (unpaired) electrons. The van der Waals surface area contributed by atoms with Crippen molar-refractivity contribution in [3.05, 3.63) is 121 Å². The Labute approximate surface area is 193 Å². The molecule has 1 aromatic heterocycles. The standard InChI is InChI=1S/C29H21NOP2/c31-33(29-19-9-10-20-30-29)27-17-7-5-15-25(27)32(26-16-6-8-18-28(26)33)23-13-3-1-11-21(23)22-12-2-4-14-24(22)32/h1-20,32H. The molecule has 4 aromatic carbocycles. The second-order valence-corrected chi connectivity index (χ2v) is 15.0. The van der Waals surface area contributed by atoms with E-state index < -0.39 is 14.4 Å². The van der Waals surface area contributed by atoms with Crippen molar-refractivity contribution in [3.8, 4) is 11.1 Å². The summed E-state index contributed by atoms with van der Waals surface area (Å²) in [5.74, 6) is 0. The molecule has 7 rings (SSSR count). The summed E-state index contributed by atoms with van der Waals surface area (Å²) in [5.41, 5.74) is 3.27. The third kappa shape index (κ3) is 2.28. The Bertz CT molecular complexity index is 1510. The summed E-state index contributed by atoms with van der Waals surface area (Å²) >= 11 is 0. The van der Waals surface area contributed by atoms with Crippen molar-refractivity contribution in [3.63, 3.8) is 0 Å². The summed E-state index contributed by atoms with van der Waals surface area (Å²) in [6, 6.07) is 40.3. The Morgan fingerprint density at radius 1 is 0.515 bits per heavy atom. The van der Waals surface area contributed by atoms with Gasteiger partial charge in [-0.1, -0.05) is 0 Å². The molecule has 33 heavy (non-hydrogen) atoms.